The Balaban J connectivity index is 3.87. The lowest BCUT2D eigenvalue weighted by Crippen LogP contribution is -2.43. The van der Waals surface area contributed by atoms with Gasteiger partial charge in [0.1, 0.15) is 0 Å². The molecule has 0 aliphatic rings. The van der Waals surface area contributed by atoms with Crippen molar-refractivity contribution >= 4 is 11.8 Å². The molecular formula is C10H17N3O2. The van der Waals surface area contributed by atoms with Gasteiger partial charge in [0.2, 0.25) is 5.91 Å². The molecule has 0 aliphatic carbocycles. The van der Waals surface area contributed by atoms with Crippen LogP contribution in [0.4, 0.5) is 0 Å². The van der Waals surface area contributed by atoms with Crippen LogP contribution in [-0.4, -0.2) is 29.9 Å². The van der Waals surface area contributed by atoms with E-state index < -0.39 is 0 Å². The highest BCUT2D eigenvalue weighted by Gasteiger charge is 2.09. The van der Waals surface area contributed by atoms with Gasteiger partial charge in [-0.15, -0.1) is 0 Å². The lowest BCUT2D eigenvalue weighted by atomic mass is 10.3. The molecule has 0 aromatic heterocycles. The molecule has 0 heterocycles. The molecule has 0 radical (unpaired) electrons. The van der Waals surface area contributed by atoms with E-state index in [0.717, 1.165) is 5.01 Å². The third kappa shape index (κ3) is 4.97. The number of carbonyl (C=O) groups is 2. The molecule has 0 aromatic carbocycles. The van der Waals surface area contributed by atoms with Crippen LogP contribution in [-0.2, 0) is 9.59 Å². The van der Waals surface area contributed by atoms with Crippen molar-refractivity contribution in [1.29, 1.82) is 0 Å². The fourth-order valence-electron chi connectivity index (χ4n) is 0.787. The number of nitrogens with zero attached hydrogens (tertiary/aromatic N) is 1. The van der Waals surface area contributed by atoms with E-state index in [1.807, 2.05) is 0 Å². The number of rotatable bonds is 5. The minimum atomic E-state index is -0.334. The van der Waals surface area contributed by atoms with Gasteiger partial charge in [0, 0.05) is 17.7 Å². The second kappa shape index (κ2) is 5.98. The van der Waals surface area contributed by atoms with Crippen LogP contribution in [0.1, 0.15) is 13.8 Å². The van der Waals surface area contributed by atoms with Crippen LogP contribution in [0.3, 0.4) is 0 Å². The fourth-order valence-corrected chi connectivity index (χ4v) is 0.787. The van der Waals surface area contributed by atoms with Crippen molar-refractivity contribution in [3.05, 3.63) is 24.3 Å². The third-order valence-corrected chi connectivity index (χ3v) is 1.65. The zero-order valence-electron chi connectivity index (χ0n) is 9.17. The van der Waals surface area contributed by atoms with E-state index in [0.29, 0.717) is 17.7 Å². The SMILES string of the molecule is C=C(C)C(=O)NCCN(N)C(=O)C(=C)C. The molecule has 0 spiro atoms. The van der Waals surface area contributed by atoms with Gasteiger partial charge >= 0.3 is 0 Å². The summed E-state index contributed by atoms with van der Waals surface area (Å²) in [5.41, 5.74) is 0.786. The first-order valence-corrected chi connectivity index (χ1v) is 4.52. The van der Waals surface area contributed by atoms with E-state index in [2.05, 4.69) is 18.5 Å². The molecule has 0 atom stereocenters. The molecule has 0 aliphatic heterocycles. The number of hydrogen-bond acceptors (Lipinski definition) is 3. The van der Waals surface area contributed by atoms with Crippen molar-refractivity contribution in [1.82, 2.24) is 10.3 Å². The quantitative estimate of drug-likeness (QED) is 0.290. The zero-order chi connectivity index (χ0) is 12.0. The maximum atomic E-state index is 11.2. The fraction of sp³-hybridized carbons (Fsp3) is 0.400. The lowest BCUT2D eigenvalue weighted by molar-refractivity contribution is -0.127. The molecule has 0 unspecified atom stereocenters. The van der Waals surface area contributed by atoms with Crippen LogP contribution >= 0.6 is 0 Å². The summed E-state index contributed by atoms with van der Waals surface area (Å²) in [7, 11) is 0. The summed E-state index contributed by atoms with van der Waals surface area (Å²) >= 11 is 0. The van der Waals surface area contributed by atoms with Gasteiger partial charge in [-0.25, -0.2) is 5.84 Å². The minimum Gasteiger partial charge on any atom is -0.351 e. The number of amides is 2. The molecular weight excluding hydrogens is 194 g/mol. The number of carbonyl (C=O) groups excluding carboxylic acids is 2. The first-order chi connectivity index (χ1) is 6.86. The summed E-state index contributed by atoms with van der Waals surface area (Å²) in [6.45, 7) is 10.7. The molecule has 0 rings (SSSR count). The van der Waals surface area contributed by atoms with Crippen molar-refractivity contribution in [2.24, 2.45) is 5.84 Å². The third-order valence-electron chi connectivity index (χ3n) is 1.65. The second-order valence-electron chi connectivity index (χ2n) is 3.32. The topological polar surface area (TPSA) is 75.4 Å². The molecule has 84 valence electrons. The van der Waals surface area contributed by atoms with E-state index in [4.69, 9.17) is 5.84 Å². The second-order valence-corrected chi connectivity index (χ2v) is 3.32. The summed E-state index contributed by atoms with van der Waals surface area (Å²) in [5, 5.41) is 3.58. The van der Waals surface area contributed by atoms with Gasteiger partial charge in [0.05, 0.1) is 6.54 Å². The van der Waals surface area contributed by atoms with Crippen molar-refractivity contribution in [2.45, 2.75) is 13.8 Å². The first kappa shape index (κ1) is 13.4. The number of nitrogens with two attached hydrogens (primary N) is 1. The van der Waals surface area contributed by atoms with Crippen LogP contribution < -0.4 is 11.2 Å². The molecule has 0 aromatic rings. The highest BCUT2D eigenvalue weighted by Crippen LogP contribution is 1.92. The summed E-state index contributed by atoms with van der Waals surface area (Å²) in [6.07, 6.45) is 0. The Kier molecular flexibility index (Phi) is 5.33. The highest BCUT2D eigenvalue weighted by atomic mass is 16.2. The Labute approximate surface area is 89.6 Å². The molecule has 0 saturated carbocycles. The molecule has 15 heavy (non-hydrogen) atoms. The average molecular weight is 211 g/mol. The maximum absolute atomic E-state index is 11.2. The predicted octanol–water partition coefficient (Wildman–Crippen LogP) is -0.0429. The Morgan fingerprint density at radius 3 is 2.20 bits per heavy atom. The zero-order valence-corrected chi connectivity index (χ0v) is 9.17. The molecule has 5 nitrogen and oxygen atoms in total. The van der Waals surface area contributed by atoms with Gasteiger partial charge < -0.3 is 5.32 Å². The highest BCUT2D eigenvalue weighted by molar-refractivity contribution is 5.92. The average Bonchev–Trinajstić information content (AvgIpc) is 2.15. The summed E-state index contributed by atoms with van der Waals surface area (Å²) in [6, 6.07) is 0. The van der Waals surface area contributed by atoms with Crippen molar-refractivity contribution in [3.8, 4) is 0 Å². The van der Waals surface area contributed by atoms with Crippen LogP contribution in [0.15, 0.2) is 24.3 Å². The Morgan fingerprint density at radius 2 is 1.80 bits per heavy atom. The van der Waals surface area contributed by atoms with Crippen LogP contribution in [0.2, 0.25) is 0 Å². The predicted molar refractivity (Wildman–Crippen MR) is 58.5 cm³/mol. The Bertz CT molecular complexity index is 297. The van der Waals surface area contributed by atoms with Crippen LogP contribution in [0.25, 0.3) is 0 Å². The van der Waals surface area contributed by atoms with Crippen molar-refractivity contribution in [3.63, 3.8) is 0 Å². The first-order valence-electron chi connectivity index (χ1n) is 4.52. The molecule has 3 N–H and O–H groups in total. The lowest BCUT2D eigenvalue weighted by Gasteiger charge is -2.16. The van der Waals surface area contributed by atoms with E-state index in [9.17, 15) is 9.59 Å². The minimum absolute atomic E-state index is 0.241. The molecule has 2 amide bonds. The number of hydrazine groups is 1. The van der Waals surface area contributed by atoms with Gasteiger partial charge in [0.25, 0.3) is 5.91 Å². The van der Waals surface area contributed by atoms with E-state index >= 15 is 0 Å². The van der Waals surface area contributed by atoms with Gasteiger partial charge in [-0.05, 0) is 13.8 Å². The Morgan fingerprint density at radius 1 is 1.27 bits per heavy atom. The number of nitrogens with one attached hydrogen (secondary N) is 1. The van der Waals surface area contributed by atoms with Crippen LogP contribution in [0.5, 0.6) is 0 Å². The summed E-state index contributed by atoms with van der Waals surface area (Å²) in [4.78, 5) is 22.3. The standard InChI is InChI=1S/C10H17N3O2/c1-7(2)9(14)12-5-6-13(11)10(15)8(3)4/h1,3,5-6,11H2,2,4H3,(H,12,14). The van der Waals surface area contributed by atoms with Gasteiger partial charge in [-0.1, -0.05) is 13.2 Å². The van der Waals surface area contributed by atoms with Gasteiger partial charge in [0.15, 0.2) is 0 Å². The normalized spacial score (nSPS) is 9.27. The molecule has 0 bridgehead atoms. The van der Waals surface area contributed by atoms with Crippen LogP contribution in [0, 0.1) is 0 Å². The van der Waals surface area contributed by atoms with Gasteiger partial charge in [-0.3, -0.25) is 14.6 Å². The largest absolute Gasteiger partial charge is 0.351 e. The van der Waals surface area contributed by atoms with E-state index in [-0.39, 0.29) is 18.4 Å². The number of hydrogen-bond donors (Lipinski definition) is 2. The summed E-state index contributed by atoms with van der Waals surface area (Å²) < 4.78 is 0. The van der Waals surface area contributed by atoms with Crippen molar-refractivity contribution in [2.75, 3.05) is 13.1 Å². The molecule has 0 fully saturated rings. The van der Waals surface area contributed by atoms with Crippen molar-refractivity contribution < 1.29 is 9.59 Å². The monoisotopic (exact) mass is 211 g/mol. The maximum Gasteiger partial charge on any atom is 0.262 e. The van der Waals surface area contributed by atoms with Gasteiger partial charge in [-0.2, -0.15) is 0 Å². The Hall–Kier alpha value is -1.62. The van der Waals surface area contributed by atoms with E-state index in [1.165, 1.54) is 0 Å². The smallest absolute Gasteiger partial charge is 0.262 e. The van der Waals surface area contributed by atoms with E-state index in [1.54, 1.807) is 13.8 Å². The molecule has 0 saturated heterocycles. The molecule has 5 heteroatoms. The summed E-state index contributed by atoms with van der Waals surface area (Å²) in [5.74, 6) is 4.85.